The van der Waals surface area contributed by atoms with E-state index in [0.717, 1.165) is 0 Å². The lowest BCUT2D eigenvalue weighted by molar-refractivity contribution is -0.121. The van der Waals surface area contributed by atoms with Crippen molar-refractivity contribution in [2.75, 3.05) is 13.2 Å². The highest BCUT2D eigenvalue weighted by atomic mass is 79.9. The van der Waals surface area contributed by atoms with Crippen LogP contribution in [0.15, 0.2) is 0 Å². The number of amides is 1. The zero-order valence-electron chi connectivity index (χ0n) is 9.30. The summed E-state index contributed by atoms with van der Waals surface area (Å²) in [7, 11) is 0. The molecule has 0 aliphatic rings. The Kier molecular flexibility index (Phi) is 5.67. The number of carbonyl (C=O) groups is 1. The smallest absolute Gasteiger partial charge is 0.234 e. The van der Waals surface area contributed by atoms with E-state index in [1.165, 1.54) is 0 Å². The molecule has 3 nitrogen and oxygen atoms in total. The number of hydrogen-bond donors (Lipinski definition) is 2. The minimum absolute atomic E-state index is 0.0125. The van der Waals surface area contributed by atoms with Crippen LogP contribution >= 0.6 is 15.9 Å². The Morgan fingerprint density at radius 1 is 1.50 bits per heavy atom. The molecule has 0 fully saturated rings. The third-order valence-electron chi connectivity index (χ3n) is 2.00. The molecule has 0 bridgehead atoms. The zero-order valence-corrected chi connectivity index (χ0v) is 10.9. The van der Waals surface area contributed by atoms with Crippen LogP contribution in [0, 0.1) is 11.3 Å². The normalized spacial score (nSPS) is 14.2. The van der Waals surface area contributed by atoms with E-state index in [4.69, 9.17) is 5.11 Å². The second-order valence-electron chi connectivity index (χ2n) is 4.69. The topological polar surface area (TPSA) is 49.3 Å². The maximum absolute atomic E-state index is 11.5. The number of aliphatic hydroxyl groups is 1. The highest BCUT2D eigenvalue weighted by molar-refractivity contribution is 9.10. The van der Waals surface area contributed by atoms with Gasteiger partial charge in [0, 0.05) is 18.6 Å². The third kappa shape index (κ3) is 4.96. The van der Waals surface area contributed by atoms with Gasteiger partial charge in [-0.2, -0.15) is 0 Å². The number of nitrogens with one attached hydrogen (secondary N) is 1. The van der Waals surface area contributed by atoms with Gasteiger partial charge < -0.3 is 10.4 Å². The lowest BCUT2D eigenvalue weighted by Crippen LogP contribution is -2.40. The van der Waals surface area contributed by atoms with E-state index in [2.05, 4.69) is 21.2 Å². The zero-order chi connectivity index (χ0) is 11.4. The van der Waals surface area contributed by atoms with Crippen LogP contribution in [-0.2, 0) is 4.79 Å². The van der Waals surface area contributed by atoms with Crippen molar-refractivity contribution in [3.63, 3.8) is 0 Å². The molecule has 0 rings (SSSR count). The summed E-state index contributed by atoms with van der Waals surface area (Å²) in [5.74, 6) is 0.258. The number of hydrogen-bond acceptors (Lipinski definition) is 2. The molecule has 2 N–H and O–H groups in total. The Hall–Kier alpha value is -0.0900. The average Bonchev–Trinajstić information content (AvgIpc) is 2.13. The van der Waals surface area contributed by atoms with Crippen molar-refractivity contribution in [3.8, 4) is 0 Å². The van der Waals surface area contributed by atoms with E-state index in [9.17, 15) is 4.79 Å². The molecule has 1 atom stereocenters. The quantitative estimate of drug-likeness (QED) is 0.741. The van der Waals surface area contributed by atoms with Gasteiger partial charge in [0.1, 0.15) is 0 Å². The van der Waals surface area contributed by atoms with Crippen LogP contribution in [0.1, 0.15) is 27.7 Å². The minimum Gasteiger partial charge on any atom is -0.396 e. The summed E-state index contributed by atoms with van der Waals surface area (Å²) in [5.41, 5.74) is -0.251. The third-order valence-corrected chi connectivity index (χ3v) is 3.48. The number of aliphatic hydroxyl groups excluding tert-OH is 1. The van der Waals surface area contributed by atoms with E-state index in [0.29, 0.717) is 6.54 Å². The molecule has 4 heteroatoms. The maximum Gasteiger partial charge on any atom is 0.234 e. The summed E-state index contributed by atoms with van der Waals surface area (Å²) >= 11 is 3.32. The van der Waals surface area contributed by atoms with Crippen molar-refractivity contribution in [1.29, 1.82) is 0 Å². The van der Waals surface area contributed by atoms with Crippen molar-refractivity contribution in [3.05, 3.63) is 0 Å². The number of alkyl halides is 1. The van der Waals surface area contributed by atoms with Gasteiger partial charge in [0.25, 0.3) is 0 Å². The first kappa shape index (κ1) is 13.9. The molecule has 0 aromatic carbocycles. The van der Waals surface area contributed by atoms with Gasteiger partial charge in [-0.3, -0.25) is 4.79 Å². The molecule has 0 aliphatic heterocycles. The van der Waals surface area contributed by atoms with Crippen molar-refractivity contribution in [2.45, 2.75) is 32.5 Å². The lowest BCUT2D eigenvalue weighted by atomic mass is 9.95. The first-order valence-electron chi connectivity index (χ1n) is 4.83. The molecule has 0 spiro atoms. The van der Waals surface area contributed by atoms with Crippen molar-refractivity contribution >= 4 is 21.8 Å². The predicted molar refractivity (Wildman–Crippen MR) is 61.4 cm³/mol. The van der Waals surface area contributed by atoms with Gasteiger partial charge in [-0.15, -0.1) is 0 Å². The number of carbonyl (C=O) groups excluding carboxylic acids is 1. The minimum atomic E-state index is -0.251. The summed E-state index contributed by atoms with van der Waals surface area (Å²) < 4.78 is 0. The van der Waals surface area contributed by atoms with Crippen molar-refractivity contribution in [1.82, 2.24) is 5.32 Å². The van der Waals surface area contributed by atoms with Gasteiger partial charge in [-0.05, 0) is 5.92 Å². The van der Waals surface area contributed by atoms with Crippen LogP contribution in [0.5, 0.6) is 0 Å². The summed E-state index contributed by atoms with van der Waals surface area (Å²) in [5, 5.41) is 11.8. The fourth-order valence-corrected chi connectivity index (χ4v) is 0.944. The molecule has 0 saturated heterocycles. The van der Waals surface area contributed by atoms with E-state index in [-0.39, 0.29) is 28.7 Å². The predicted octanol–water partition coefficient (Wildman–Crippen LogP) is 1.54. The molecule has 1 amide bonds. The molecule has 0 radical (unpaired) electrons. The Morgan fingerprint density at radius 3 is 2.36 bits per heavy atom. The molecule has 0 saturated carbocycles. The highest BCUT2D eigenvalue weighted by Gasteiger charge is 2.22. The second kappa shape index (κ2) is 5.71. The van der Waals surface area contributed by atoms with Gasteiger partial charge in [-0.1, -0.05) is 43.6 Å². The van der Waals surface area contributed by atoms with Crippen LogP contribution in [0.4, 0.5) is 0 Å². The van der Waals surface area contributed by atoms with Gasteiger partial charge in [0.15, 0.2) is 0 Å². The van der Waals surface area contributed by atoms with Crippen LogP contribution < -0.4 is 5.32 Å². The Labute approximate surface area is 94.4 Å². The molecule has 0 aliphatic carbocycles. The van der Waals surface area contributed by atoms with Gasteiger partial charge in [0.05, 0.1) is 4.83 Å². The summed E-state index contributed by atoms with van der Waals surface area (Å²) in [6, 6.07) is 0. The molecule has 0 aromatic rings. The second-order valence-corrected chi connectivity index (χ2v) is 5.67. The Morgan fingerprint density at radius 2 is 2.00 bits per heavy atom. The fourth-order valence-electron chi connectivity index (χ4n) is 0.783. The highest BCUT2D eigenvalue weighted by Crippen LogP contribution is 2.14. The lowest BCUT2D eigenvalue weighted by Gasteiger charge is -2.23. The first-order valence-corrected chi connectivity index (χ1v) is 5.74. The van der Waals surface area contributed by atoms with Crippen LogP contribution in [-0.4, -0.2) is 29.0 Å². The Balaban J connectivity index is 3.97. The largest absolute Gasteiger partial charge is 0.396 e. The molecule has 1 unspecified atom stereocenters. The van der Waals surface area contributed by atoms with Gasteiger partial charge in [0.2, 0.25) is 5.91 Å². The van der Waals surface area contributed by atoms with Crippen molar-refractivity contribution < 1.29 is 9.90 Å². The first-order chi connectivity index (χ1) is 6.30. The van der Waals surface area contributed by atoms with Crippen LogP contribution in [0.3, 0.4) is 0 Å². The van der Waals surface area contributed by atoms with E-state index < -0.39 is 0 Å². The summed E-state index contributed by atoms with van der Waals surface area (Å²) in [4.78, 5) is 11.4. The van der Waals surface area contributed by atoms with E-state index in [1.54, 1.807) is 0 Å². The van der Waals surface area contributed by atoms with Gasteiger partial charge >= 0.3 is 0 Å². The number of rotatable bonds is 5. The fraction of sp³-hybridized carbons (Fsp3) is 0.900. The van der Waals surface area contributed by atoms with Gasteiger partial charge in [-0.25, -0.2) is 0 Å². The summed E-state index contributed by atoms with van der Waals surface area (Å²) in [6.07, 6.45) is 0. The van der Waals surface area contributed by atoms with Crippen LogP contribution in [0.2, 0.25) is 0 Å². The van der Waals surface area contributed by atoms with Crippen LogP contribution in [0.25, 0.3) is 0 Å². The molecule has 0 heterocycles. The molecular formula is C10H20BrNO2. The standard InChI is InChI=1S/C10H20BrNO2/c1-7(2)8(11)9(14)12-5-10(3,4)6-13/h7-8,13H,5-6H2,1-4H3,(H,12,14). The number of halogens is 1. The maximum atomic E-state index is 11.5. The Bertz CT molecular complexity index is 193. The molecule has 84 valence electrons. The van der Waals surface area contributed by atoms with E-state index in [1.807, 2.05) is 27.7 Å². The van der Waals surface area contributed by atoms with Crippen molar-refractivity contribution in [2.24, 2.45) is 11.3 Å². The average molecular weight is 266 g/mol. The SMILES string of the molecule is CC(C)C(Br)C(=O)NCC(C)(C)CO. The molecule has 0 aromatic heterocycles. The monoisotopic (exact) mass is 265 g/mol. The summed E-state index contributed by atoms with van der Waals surface area (Å²) in [6.45, 7) is 8.35. The van der Waals surface area contributed by atoms with E-state index >= 15 is 0 Å². The molecule has 14 heavy (non-hydrogen) atoms. The molecular weight excluding hydrogens is 246 g/mol.